The van der Waals surface area contributed by atoms with Crippen molar-refractivity contribution in [1.29, 1.82) is 0 Å². The van der Waals surface area contributed by atoms with Crippen LogP contribution in [0.3, 0.4) is 0 Å². The van der Waals surface area contributed by atoms with Crippen LogP contribution >= 0.6 is 0 Å². The monoisotopic (exact) mass is 404 g/mol. The van der Waals surface area contributed by atoms with Crippen LogP contribution in [0.2, 0.25) is 0 Å². The van der Waals surface area contributed by atoms with E-state index >= 15 is 0 Å². The average molecular weight is 405 g/mol. The molecule has 0 aromatic heterocycles. The zero-order valence-corrected chi connectivity index (χ0v) is 18.6. The van der Waals surface area contributed by atoms with E-state index < -0.39 is 0 Å². The number of rotatable bonds is 3. The van der Waals surface area contributed by atoms with Gasteiger partial charge in [0.15, 0.2) is 0 Å². The van der Waals surface area contributed by atoms with E-state index in [2.05, 4.69) is 20.8 Å². The van der Waals surface area contributed by atoms with Crippen LogP contribution < -0.4 is 0 Å². The van der Waals surface area contributed by atoms with Gasteiger partial charge in [-0.15, -0.1) is 0 Å². The van der Waals surface area contributed by atoms with Gasteiger partial charge < -0.3 is 14.9 Å². The summed E-state index contributed by atoms with van der Waals surface area (Å²) in [6.07, 6.45) is 11.7. The number of esters is 1. The Morgan fingerprint density at radius 1 is 1.00 bits per heavy atom. The molecule has 4 heteroatoms. The first-order chi connectivity index (χ1) is 13.7. The SMILES string of the molecule is COC(=O)/C=C/[C@@H](C)[C@H]1CCC2C3C[C@H](O)[C@@H]4C[C@H](O)CC[C@]4(C)C3CC[C@@]21C. The van der Waals surface area contributed by atoms with Crippen LogP contribution in [0, 0.1) is 46.3 Å². The summed E-state index contributed by atoms with van der Waals surface area (Å²) in [6, 6.07) is 0. The van der Waals surface area contributed by atoms with Gasteiger partial charge in [-0.3, -0.25) is 0 Å². The van der Waals surface area contributed by atoms with Gasteiger partial charge in [0, 0.05) is 6.08 Å². The molecule has 0 saturated heterocycles. The summed E-state index contributed by atoms with van der Waals surface area (Å²) in [4.78, 5) is 11.6. The molecule has 4 fully saturated rings. The molecule has 0 aromatic carbocycles. The van der Waals surface area contributed by atoms with E-state index in [0.29, 0.717) is 29.6 Å². The third-order valence-corrected chi connectivity index (χ3v) is 10.1. The molecule has 4 aliphatic carbocycles. The topological polar surface area (TPSA) is 66.8 Å². The quantitative estimate of drug-likeness (QED) is 0.542. The Bertz CT molecular complexity index is 659. The molecular weight excluding hydrogens is 364 g/mol. The number of carbonyl (C=O) groups is 1. The van der Waals surface area contributed by atoms with E-state index in [9.17, 15) is 15.0 Å². The van der Waals surface area contributed by atoms with Gasteiger partial charge in [-0.05, 0) is 97.7 Å². The van der Waals surface area contributed by atoms with Gasteiger partial charge in [-0.1, -0.05) is 26.8 Å². The summed E-state index contributed by atoms with van der Waals surface area (Å²) in [5, 5.41) is 21.3. The number of carbonyl (C=O) groups excluding carboxylic acids is 1. The predicted molar refractivity (Wildman–Crippen MR) is 113 cm³/mol. The highest BCUT2D eigenvalue weighted by Gasteiger charge is 2.62. The third-order valence-electron chi connectivity index (χ3n) is 10.1. The summed E-state index contributed by atoms with van der Waals surface area (Å²) < 4.78 is 4.78. The van der Waals surface area contributed by atoms with E-state index in [1.54, 1.807) is 6.08 Å². The Hall–Kier alpha value is -0.870. The molecule has 0 aliphatic heterocycles. The molecule has 4 nitrogen and oxygen atoms in total. The van der Waals surface area contributed by atoms with Crippen LogP contribution in [0.25, 0.3) is 0 Å². The highest BCUT2D eigenvalue weighted by molar-refractivity contribution is 5.81. The highest BCUT2D eigenvalue weighted by atomic mass is 16.5. The maximum atomic E-state index is 11.6. The molecule has 0 spiro atoms. The lowest BCUT2D eigenvalue weighted by atomic mass is 9.44. The molecule has 0 aromatic rings. The van der Waals surface area contributed by atoms with Gasteiger partial charge in [0.1, 0.15) is 0 Å². The number of aliphatic hydroxyl groups excluding tert-OH is 2. The van der Waals surface area contributed by atoms with Crippen molar-refractivity contribution in [2.24, 2.45) is 46.3 Å². The molecule has 0 amide bonds. The summed E-state index contributed by atoms with van der Waals surface area (Å²) in [7, 11) is 1.43. The molecule has 2 N–H and O–H groups in total. The number of methoxy groups -OCH3 is 1. The normalized spacial score (nSPS) is 50.5. The van der Waals surface area contributed by atoms with Crippen LogP contribution in [0.4, 0.5) is 0 Å². The van der Waals surface area contributed by atoms with Gasteiger partial charge in [-0.25, -0.2) is 4.79 Å². The minimum absolute atomic E-state index is 0.178. The first kappa shape index (κ1) is 21.4. The first-order valence-electron chi connectivity index (χ1n) is 11.8. The largest absolute Gasteiger partial charge is 0.466 e. The van der Waals surface area contributed by atoms with Crippen molar-refractivity contribution in [2.75, 3.05) is 7.11 Å². The molecule has 4 saturated carbocycles. The van der Waals surface area contributed by atoms with Crippen molar-refractivity contribution in [3.8, 4) is 0 Å². The maximum Gasteiger partial charge on any atom is 0.330 e. The molecule has 0 heterocycles. The first-order valence-corrected chi connectivity index (χ1v) is 11.8. The van der Waals surface area contributed by atoms with Crippen LogP contribution in [-0.2, 0) is 9.53 Å². The molecule has 0 bridgehead atoms. The second-order valence-corrected chi connectivity index (χ2v) is 11.2. The second-order valence-electron chi connectivity index (χ2n) is 11.2. The van der Waals surface area contributed by atoms with Crippen LogP contribution in [-0.4, -0.2) is 35.5 Å². The number of hydrogen-bond acceptors (Lipinski definition) is 4. The van der Waals surface area contributed by atoms with E-state index in [1.165, 1.54) is 32.8 Å². The zero-order chi connectivity index (χ0) is 21.0. The average Bonchev–Trinajstić information content (AvgIpc) is 3.05. The second kappa shape index (κ2) is 7.67. The van der Waals surface area contributed by atoms with Crippen molar-refractivity contribution >= 4 is 5.97 Å². The number of hydrogen-bond donors (Lipinski definition) is 2. The van der Waals surface area contributed by atoms with E-state index in [-0.39, 0.29) is 34.9 Å². The van der Waals surface area contributed by atoms with Crippen LogP contribution in [0.1, 0.15) is 72.1 Å². The van der Waals surface area contributed by atoms with E-state index in [4.69, 9.17) is 4.74 Å². The number of fused-ring (bicyclic) bond motifs is 5. The van der Waals surface area contributed by atoms with Gasteiger partial charge in [0.05, 0.1) is 19.3 Å². The summed E-state index contributed by atoms with van der Waals surface area (Å²) in [5.41, 5.74) is 0.468. The molecular formula is C25H40O4. The fourth-order valence-corrected chi connectivity index (χ4v) is 8.62. The van der Waals surface area contributed by atoms with Gasteiger partial charge in [0.2, 0.25) is 0 Å². The Morgan fingerprint density at radius 3 is 2.41 bits per heavy atom. The lowest BCUT2D eigenvalue weighted by Gasteiger charge is -2.62. The Labute approximate surface area is 176 Å². The van der Waals surface area contributed by atoms with E-state index in [0.717, 1.165) is 25.7 Å². The van der Waals surface area contributed by atoms with Gasteiger partial charge in [-0.2, -0.15) is 0 Å². The molecule has 4 aliphatic rings. The molecule has 4 rings (SSSR count). The zero-order valence-electron chi connectivity index (χ0n) is 18.6. The highest BCUT2D eigenvalue weighted by Crippen LogP contribution is 2.68. The van der Waals surface area contributed by atoms with Crippen molar-refractivity contribution in [3.63, 3.8) is 0 Å². The standard InChI is InChI=1S/C25H40O4/c1-15(5-8-23(28)29-4)18-6-7-19-17-14-22(27)21-13-16(26)9-11-25(21,3)20(17)10-12-24(18,19)2/h5,8,15-22,26-27H,6-7,9-14H2,1-4H3/b8-5+/t15-,16-,17?,18-,19?,20?,21+,22+,24-,25-/m1/s1. The van der Waals surface area contributed by atoms with Crippen molar-refractivity contribution in [1.82, 2.24) is 0 Å². The summed E-state index contributed by atoms with van der Waals surface area (Å²) >= 11 is 0. The number of aliphatic hydroxyl groups is 2. The number of ether oxygens (including phenoxy) is 1. The molecule has 10 atom stereocenters. The van der Waals surface area contributed by atoms with Gasteiger partial charge in [0.25, 0.3) is 0 Å². The Balaban J connectivity index is 1.55. The van der Waals surface area contributed by atoms with Crippen molar-refractivity contribution in [2.45, 2.75) is 84.3 Å². The van der Waals surface area contributed by atoms with Crippen molar-refractivity contribution in [3.05, 3.63) is 12.2 Å². The molecule has 3 unspecified atom stereocenters. The Morgan fingerprint density at radius 2 is 1.69 bits per heavy atom. The third kappa shape index (κ3) is 3.39. The summed E-state index contributed by atoms with van der Waals surface area (Å²) in [5.74, 6) is 2.89. The lowest BCUT2D eigenvalue weighted by Crippen LogP contribution is -2.58. The lowest BCUT2D eigenvalue weighted by molar-refractivity contribution is -0.171. The molecule has 0 radical (unpaired) electrons. The number of allylic oxidation sites excluding steroid dienone is 1. The van der Waals surface area contributed by atoms with Crippen LogP contribution in [0.15, 0.2) is 12.2 Å². The smallest absolute Gasteiger partial charge is 0.330 e. The van der Waals surface area contributed by atoms with E-state index in [1.807, 2.05) is 6.08 Å². The molecule has 164 valence electrons. The summed E-state index contributed by atoms with van der Waals surface area (Å²) in [6.45, 7) is 7.15. The Kier molecular flexibility index (Phi) is 5.65. The van der Waals surface area contributed by atoms with Crippen molar-refractivity contribution < 1.29 is 19.7 Å². The van der Waals surface area contributed by atoms with Crippen LogP contribution in [0.5, 0.6) is 0 Å². The maximum absolute atomic E-state index is 11.6. The fourth-order valence-electron chi connectivity index (χ4n) is 8.62. The predicted octanol–water partition coefficient (Wildman–Crippen LogP) is 4.34. The minimum atomic E-state index is -0.269. The van der Waals surface area contributed by atoms with Gasteiger partial charge >= 0.3 is 5.97 Å². The molecule has 29 heavy (non-hydrogen) atoms. The fraction of sp³-hybridized carbons (Fsp3) is 0.880. The minimum Gasteiger partial charge on any atom is -0.466 e.